The quantitative estimate of drug-likeness (QED) is 0.0887. The first-order valence-electron chi connectivity index (χ1n) is 15.0. The number of urea groups is 1. The lowest BCUT2D eigenvalue weighted by Crippen LogP contribution is -2.76. The number of anilines is 2. The minimum absolute atomic E-state index is 0.0297. The lowest BCUT2D eigenvalue weighted by molar-refractivity contribution is -0.189. The summed E-state index contributed by atoms with van der Waals surface area (Å²) in [7, 11) is 0. The van der Waals surface area contributed by atoms with E-state index in [1.807, 2.05) is 30.3 Å². The second-order valence-corrected chi connectivity index (χ2v) is 11.4. The predicted octanol–water partition coefficient (Wildman–Crippen LogP) is 1.48. The van der Waals surface area contributed by atoms with E-state index in [0.717, 1.165) is 10.6 Å². The molecule has 2 saturated heterocycles. The number of piperazine rings is 1. The van der Waals surface area contributed by atoms with Gasteiger partial charge in [0, 0.05) is 26.1 Å². The summed E-state index contributed by atoms with van der Waals surface area (Å²) < 4.78 is 0. The van der Waals surface area contributed by atoms with Crippen LogP contribution in [0.15, 0.2) is 85.5 Å². The molecule has 0 spiro atoms. The molecule has 0 saturated carbocycles. The molecular formula is C33H38N8O6. The third-order valence-electron chi connectivity index (χ3n) is 8.13. The van der Waals surface area contributed by atoms with Crippen molar-refractivity contribution in [1.82, 2.24) is 25.1 Å². The second-order valence-electron chi connectivity index (χ2n) is 11.4. The van der Waals surface area contributed by atoms with E-state index in [1.54, 1.807) is 41.4 Å². The topological polar surface area (TPSA) is 189 Å². The van der Waals surface area contributed by atoms with E-state index in [4.69, 9.17) is 11.6 Å². The number of carbonyl (C=O) groups is 4. The molecule has 2 aliphatic rings. The number of carboxylic acid groups (broad SMARTS) is 1. The van der Waals surface area contributed by atoms with Crippen LogP contribution in [0.5, 0.6) is 5.75 Å². The number of aromatic hydroxyl groups is 1. The van der Waals surface area contributed by atoms with Gasteiger partial charge in [0.25, 0.3) is 0 Å². The normalized spacial score (nSPS) is 18.1. The summed E-state index contributed by atoms with van der Waals surface area (Å²) in [5.74, 6) is 4.30. The van der Waals surface area contributed by atoms with Crippen molar-refractivity contribution in [3.63, 3.8) is 0 Å². The molecule has 0 aliphatic carbocycles. The summed E-state index contributed by atoms with van der Waals surface area (Å²) in [5, 5.41) is 26.2. The maximum absolute atomic E-state index is 14.3. The van der Waals surface area contributed by atoms with Gasteiger partial charge in [-0.05, 0) is 34.9 Å². The monoisotopic (exact) mass is 642 g/mol. The number of amides is 4. The van der Waals surface area contributed by atoms with Gasteiger partial charge < -0.3 is 31.1 Å². The van der Waals surface area contributed by atoms with Crippen molar-refractivity contribution in [1.29, 1.82) is 0 Å². The molecule has 7 N–H and O–H groups in total. The fourth-order valence-corrected chi connectivity index (χ4v) is 6.07. The molecule has 0 bridgehead atoms. The zero-order chi connectivity index (χ0) is 33.7. The Balaban J connectivity index is 1.53. The van der Waals surface area contributed by atoms with E-state index >= 15 is 0 Å². The summed E-state index contributed by atoms with van der Waals surface area (Å²) in [5.41, 5.74) is 8.78. The number of nitrogens with two attached hydrogens (primary N) is 2. The highest BCUT2D eigenvalue weighted by Gasteiger charge is 2.51. The Labute approximate surface area is 272 Å². The Morgan fingerprint density at radius 1 is 1.02 bits per heavy atom. The predicted molar refractivity (Wildman–Crippen MR) is 174 cm³/mol. The number of hydrazine groups is 2. The molecule has 14 nitrogen and oxygen atoms in total. The van der Waals surface area contributed by atoms with Crippen molar-refractivity contribution in [2.24, 2.45) is 5.84 Å². The smallest absolute Gasteiger partial charge is 0.334 e. The maximum atomic E-state index is 14.3. The third kappa shape index (κ3) is 7.29. The number of nitrogen functional groups attached to an aromatic ring is 1. The fraction of sp³-hybridized carbons (Fsp3) is 0.273. The summed E-state index contributed by atoms with van der Waals surface area (Å²) in [6.07, 6.45) is 0.812. The lowest BCUT2D eigenvalue weighted by Gasteiger charge is -2.55. The van der Waals surface area contributed by atoms with Crippen molar-refractivity contribution in [3.05, 3.63) is 102 Å². The molecule has 4 amide bonds. The fourth-order valence-electron chi connectivity index (χ4n) is 6.07. The highest BCUT2D eigenvalue weighted by molar-refractivity contribution is 5.92. The van der Waals surface area contributed by atoms with Crippen LogP contribution in [0.3, 0.4) is 0 Å². The van der Waals surface area contributed by atoms with Gasteiger partial charge in [0.15, 0.2) is 0 Å². The summed E-state index contributed by atoms with van der Waals surface area (Å²) >= 11 is 0. The number of phenols is 1. The van der Waals surface area contributed by atoms with Crippen molar-refractivity contribution in [3.8, 4) is 5.75 Å². The Morgan fingerprint density at radius 3 is 2.43 bits per heavy atom. The second kappa shape index (κ2) is 14.2. The molecule has 5 rings (SSSR count). The van der Waals surface area contributed by atoms with Crippen LogP contribution >= 0.6 is 0 Å². The summed E-state index contributed by atoms with van der Waals surface area (Å²) in [4.78, 5) is 56.5. The number of rotatable bonds is 11. The van der Waals surface area contributed by atoms with E-state index in [0.29, 0.717) is 11.1 Å². The third-order valence-corrected chi connectivity index (χ3v) is 8.13. The number of hydrogen-bond acceptors (Lipinski definition) is 9. The SMILES string of the molecule is C=CCN1CC(=O)N2[C@@H](Cc3ccc(O)cc3)C(=O)N(Cc3cccc(N)c3N(N)CC(=O)O)C[C@@H]2N1C(=O)NCc1ccccc1. The van der Waals surface area contributed by atoms with Crippen molar-refractivity contribution < 1.29 is 29.4 Å². The Bertz CT molecular complexity index is 1640. The molecule has 2 fully saturated rings. The molecule has 0 unspecified atom stereocenters. The van der Waals surface area contributed by atoms with Gasteiger partial charge in [-0.15, -0.1) is 6.58 Å². The van der Waals surface area contributed by atoms with Gasteiger partial charge in [-0.1, -0.05) is 60.7 Å². The Hall–Kier alpha value is -5.60. The van der Waals surface area contributed by atoms with Crippen LogP contribution in [-0.2, 0) is 33.9 Å². The Kier molecular flexibility index (Phi) is 9.92. The maximum Gasteiger partial charge on any atom is 0.334 e. The summed E-state index contributed by atoms with van der Waals surface area (Å²) in [6, 6.07) is 19.2. The zero-order valence-corrected chi connectivity index (χ0v) is 25.7. The molecule has 0 aromatic heterocycles. The van der Waals surface area contributed by atoms with E-state index in [9.17, 15) is 29.4 Å². The van der Waals surface area contributed by atoms with Gasteiger partial charge in [0.1, 0.15) is 24.5 Å². The number of phenolic OH excluding ortho intramolecular Hbond substituents is 1. The zero-order valence-electron chi connectivity index (χ0n) is 25.7. The number of fused-ring (bicyclic) bond motifs is 1. The number of hydrogen-bond donors (Lipinski definition) is 5. The average Bonchev–Trinajstić information content (AvgIpc) is 3.03. The minimum atomic E-state index is -1.17. The summed E-state index contributed by atoms with van der Waals surface area (Å²) in [6.45, 7) is 3.47. The average molecular weight is 643 g/mol. The van der Waals surface area contributed by atoms with Crippen LogP contribution < -0.4 is 21.9 Å². The minimum Gasteiger partial charge on any atom is -0.508 e. The van der Waals surface area contributed by atoms with Crippen LogP contribution in [0.4, 0.5) is 16.2 Å². The number of nitrogens with one attached hydrogen (secondary N) is 1. The first-order valence-corrected chi connectivity index (χ1v) is 15.0. The van der Waals surface area contributed by atoms with E-state index < -0.39 is 30.8 Å². The van der Waals surface area contributed by atoms with Crippen LogP contribution in [0.2, 0.25) is 0 Å². The van der Waals surface area contributed by atoms with E-state index in [1.165, 1.54) is 26.9 Å². The van der Waals surface area contributed by atoms with Gasteiger partial charge in [0.05, 0.1) is 24.5 Å². The number of carboxylic acids is 1. The molecule has 0 radical (unpaired) electrons. The van der Waals surface area contributed by atoms with Crippen molar-refractivity contribution >= 4 is 35.2 Å². The Morgan fingerprint density at radius 2 is 1.74 bits per heavy atom. The number of aliphatic carboxylic acids is 1. The van der Waals surface area contributed by atoms with Gasteiger partial charge >= 0.3 is 12.0 Å². The van der Waals surface area contributed by atoms with Gasteiger partial charge in [-0.2, -0.15) is 0 Å². The van der Waals surface area contributed by atoms with E-state index in [2.05, 4.69) is 11.9 Å². The standard InChI is InChI=1S/C33H38N8O6/c1-2-15-38-20-29(43)40-27(16-22-11-13-25(42)14-12-22)32(46)37(18-24-9-6-10-26(34)31(24)39(35)21-30(44)45)19-28(40)41(38)33(47)36-17-23-7-4-3-5-8-23/h2-14,27-28,42H,1,15-21,34-35H2,(H,36,47)(H,44,45)/t27-,28-/m0/s1. The van der Waals surface area contributed by atoms with Crippen molar-refractivity contribution in [2.45, 2.75) is 31.7 Å². The molecule has 3 aromatic rings. The first-order chi connectivity index (χ1) is 22.6. The van der Waals surface area contributed by atoms with Gasteiger partial charge in [-0.3, -0.25) is 19.4 Å². The van der Waals surface area contributed by atoms with E-state index in [-0.39, 0.29) is 68.1 Å². The molecule has 3 aromatic carbocycles. The highest BCUT2D eigenvalue weighted by Crippen LogP contribution is 2.32. The molecule has 14 heteroatoms. The van der Waals surface area contributed by atoms with Gasteiger partial charge in [-0.25, -0.2) is 20.7 Å². The largest absolute Gasteiger partial charge is 0.508 e. The number of nitrogens with zero attached hydrogens (tertiary/aromatic N) is 5. The molecule has 47 heavy (non-hydrogen) atoms. The molecule has 2 heterocycles. The highest BCUT2D eigenvalue weighted by atomic mass is 16.4. The molecule has 2 atom stereocenters. The van der Waals surface area contributed by atoms with Gasteiger partial charge in [0.2, 0.25) is 11.8 Å². The lowest BCUT2D eigenvalue weighted by atomic mass is 9.98. The van der Waals surface area contributed by atoms with Crippen LogP contribution in [0.1, 0.15) is 16.7 Å². The number of benzene rings is 3. The number of para-hydroxylation sites is 1. The molecule has 2 aliphatic heterocycles. The van der Waals surface area contributed by atoms with Crippen LogP contribution in [-0.4, -0.2) is 92.2 Å². The number of carbonyl (C=O) groups excluding carboxylic acids is 3. The van der Waals surface area contributed by atoms with Crippen LogP contribution in [0.25, 0.3) is 0 Å². The van der Waals surface area contributed by atoms with Crippen molar-refractivity contribution in [2.75, 3.05) is 36.9 Å². The molecule has 246 valence electrons. The van der Waals surface area contributed by atoms with Crippen LogP contribution in [0, 0.1) is 0 Å². The first kappa shape index (κ1) is 32.8. The molecular weight excluding hydrogens is 604 g/mol.